The van der Waals surface area contributed by atoms with Gasteiger partial charge in [-0.25, -0.2) is 0 Å². The largest absolute Gasteiger partial charge is 1.20 e. The van der Waals surface area contributed by atoms with Crippen LogP contribution in [-0.2, 0) is 25.7 Å². The number of rotatable bonds is 9. The molecule has 0 fully saturated rings. The van der Waals surface area contributed by atoms with Gasteiger partial charge in [-0.05, 0) is 20.8 Å². The lowest BCUT2D eigenvalue weighted by atomic mass is 10.3. The molecule has 174 valence electrons. The lowest BCUT2D eigenvalue weighted by Crippen LogP contribution is -2.28. The Morgan fingerprint density at radius 1 is 0.548 bits per heavy atom. The van der Waals surface area contributed by atoms with Gasteiger partial charge in [0.05, 0.1) is 17.3 Å². The van der Waals surface area contributed by atoms with E-state index in [-0.39, 0.29) is 18.2 Å². The van der Waals surface area contributed by atoms with Crippen LogP contribution in [0.3, 0.4) is 0 Å². The summed E-state index contributed by atoms with van der Waals surface area (Å²) in [5, 5.41) is 0. The summed E-state index contributed by atoms with van der Waals surface area (Å²) < 4.78 is 125. The molecular formula is C15H12AlF9O6. The molecule has 0 atom stereocenters. The first-order valence-electron chi connectivity index (χ1n) is 7.61. The Morgan fingerprint density at radius 3 is 0.903 bits per heavy atom. The third-order valence-electron chi connectivity index (χ3n) is 2.69. The average molecular weight is 486 g/mol. The van der Waals surface area contributed by atoms with Gasteiger partial charge in [-0.3, -0.25) is 14.4 Å². The predicted molar refractivity (Wildman–Crippen MR) is 83.5 cm³/mol. The van der Waals surface area contributed by atoms with Crippen molar-refractivity contribution in [2.24, 2.45) is 0 Å². The van der Waals surface area contributed by atoms with E-state index in [9.17, 15) is 53.9 Å². The lowest BCUT2D eigenvalue weighted by Gasteiger charge is -2.17. The van der Waals surface area contributed by atoms with Gasteiger partial charge in [0.1, 0.15) is 0 Å². The van der Waals surface area contributed by atoms with Crippen LogP contribution in [0.15, 0.2) is 35.5 Å². The fourth-order valence-corrected chi connectivity index (χ4v) is 2.69. The fraction of sp³-hybridized carbons (Fsp3) is 0.400. The van der Waals surface area contributed by atoms with Crippen molar-refractivity contribution in [1.29, 1.82) is 0 Å². The Hall–Kier alpha value is -2.47. The Bertz CT molecular complexity index is 686. The standard InChI is InChI=1S/3C5H5F3O2.Al/c3*1-3(9)2-4(10)5(6,7)8;/h3*2,9H,1H3;/q;;;+3/p-3/b3-2+;2*3-2-;. The van der Waals surface area contributed by atoms with E-state index >= 15 is 0 Å². The van der Waals surface area contributed by atoms with Crippen LogP contribution in [0.2, 0.25) is 0 Å². The van der Waals surface area contributed by atoms with E-state index in [1.807, 2.05) is 0 Å². The van der Waals surface area contributed by atoms with Gasteiger partial charge in [0, 0.05) is 18.2 Å². The minimum atomic E-state index is -5.30. The summed E-state index contributed by atoms with van der Waals surface area (Å²) in [6, 6.07) is 0. The first kappa shape index (κ1) is 28.5. The number of allylic oxidation sites excluding steroid dienone is 6. The second-order valence-corrected chi connectivity index (χ2v) is 6.78. The number of halogens is 9. The van der Waals surface area contributed by atoms with Gasteiger partial charge >= 0.3 is 33.7 Å². The van der Waals surface area contributed by atoms with Crippen LogP contribution >= 0.6 is 0 Å². The Balaban J connectivity index is 5.72. The Kier molecular flexibility index (Phi) is 9.86. The van der Waals surface area contributed by atoms with E-state index in [4.69, 9.17) is 11.4 Å². The zero-order chi connectivity index (χ0) is 24.8. The quantitative estimate of drug-likeness (QED) is 0.211. The van der Waals surface area contributed by atoms with Crippen molar-refractivity contribution in [3.8, 4) is 0 Å². The second-order valence-electron chi connectivity index (χ2n) is 5.49. The molecule has 0 heterocycles. The molecule has 0 N–H and O–H groups in total. The molecule has 0 saturated carbocycles. The van der Waals surface area contributed by atoms with Crippen LogP contribution in [0.4, 0.5) is 39.5 Å². The van der Waals surface area contributed by atoms with E-state index in [0.717, 1.165) is 20.8 Å². The van der Waals surface area contributed by atoms with Crippen molar-refractivity contribution in [2.45, 2.75) is 39.3 Å². The fourth-order valence-electron chi connectivity index (χ4n) is 1.43. The van der Waals surface area contributed by atoms with Gasteiger partial charge in [-0.2, -0.15) is 39.5 Å². The number of ketones is 3. The van der Waals surface area contributed by atoms with E-state index < -0.39 is 68.3 Å². The van der Waals surface area contributed by atoms with Crippen molar-refractivity contribution < 1.29 is 65.3 Å². The maximum Gasteiger partial charge on any atom is 1.20 e. The Morgan fingerprint density at radius 2 is 0.742 bits per heavy atom. The van der Waals surface area contributed by atoms with Crippen LogP contribution in [0.1, 0.15) is 20.8 Å². The summed E-state index contributed by atoms with van der Waals surface area (Å²) >= 11 is -4.01. The molecule has 0 bridgehead atoms. The summed E-state index contributed by atoms with van der Waals surface area (Å²) in [6.07, 6.45) is -16.1. The minimum absolute atomic E-state index is 0.0768. The molecule has 0 aromatic heterocycles. The highest BCUT2D eigenvalue weighted by Crippen LogP contribution is 2.21. The number of carbonyl (C=O) groups is 3. The predicted octanol–water partition coefficient (Wildman–Crippen LogP) is 4.13. The zero-order valence-electron chi connectivity index (χ0n) is 15.7. The molecule has 0 unspecified atom stereocenters. The maximum absolute atomic E-state index is 12.3. The molecule has 6 nitrogen and oxygen atoms in total. The van der Waals surface area contributed by atoms with Crippen LogP contribution in [0, 0.1) is 0 Å². The molecule has 0 amide bonds. The summed E-state index contributed by atoms with van der Waals surface area (Å²) in [5.41, 5.74) is 0. The average Bonchev–Trinajstić information content (AvgIpc) is 2.51. The van der Waals surface area contributed by atoms with Crippen molar-refractivity contribution in [3.05, 3.63) is 35.5 Å². The SMILES string of the molecule is C/C(=C/C(=O)C(F)(F)F)[O][Al]([O]/C(C)=C\C(=O)C(F)(F)F)[O]/C(C)=C/C(=O)C(F)(F)F. The molecule has 0 saturated heterocycles. The smallest absolute Gasteiger partial charge is 0.580 e. The molecule has 0 aliphatic carbocycles. The van der Waals surface area contributed by atoms with E-state index in [2.05, 4.69) is 0 Å². The molecule has 31 heavy (non-hydrogen) atoms. The van der Waals surface area contributed by atoms with E-state index in [0.29, 0.717) is 0 Å². The van der Waals surface area contributed by atoms with Gasteiger partial charge in [0.15, 0.2) is 0 Å². The van der Waals surface area contributed by atoms with E-state index in [1.165, 1.54) is 0 Å². The monoisotopic (exact) mass is 486 g/mol. The normalized spacial score (nSPS) is 14.1. The number of hydrogen-bond acceptors (Lipinski definition) is 6. The second kappa shape index (κ2) is 10.7. The van der Waals surface area contributed by atoms with Crippen LogP contribution in [0.25, 0.3) is 0 Å². The van der Waals surface area contributed by atoms with Gasteiger partial charge in [0.25, 0.3) is 17.3 Å². The number of hydrogen-bond donors (Lipinski definition) is 0. The summed E-state index contributed by atoms with van der Waals surface area (Å²) in [5.74, 6) is -9.62. The molecule has 0 aromatic rings. The number of alkyl halides is 9. The van der Waals surface area contributed by atoms with Gasteiger partial charge in [-0.1, -0.05) is 0 Å². The first-order valence-corrected chi connectivity index (χ1v) is 9.03. The summed E-state index contributed by atoms with van der Waals surface area (Å²) in [7, 11) is 0. The minimum Gasteiger partial charge on any atom is -0.580 e. The molecular weight excluding hydrogens is 474 g/mol. The molecule has 0 rings (SSSR count). The summed E-state index contributed by atoms with van der Waals surface area (Å²) in [4.78, 5) is 32.7. The summed E-state index contributed by atoms with van der Waals surface area (Å²) in [6.45, 7) is 2.36. The van der Waals surface area contributed by atoms with Gasteiger partial charge in [-0.15, -0.1) is 0 Å². The highest BCUT2D eigenvalue weighted by Gasteiger charge is 2.46. The van der Waals surface area contributed by atoms with Crippen molar-refractivity contribution in [3.63, 3.8) is 0 Å². The van der Waals surface area contributed by atoms with Crippen LogP contribution in [0.5, 0.6) is 0 Å². The van der Waals surface area contributed by atoms with Crippen molar-refractivity contribution in [2.75, 3.05) is 0 Å². The molecule has 0 aliphatic heterocycles. The third-order valence-corrected chi connectivity index (χ3v) is 4.38. The van der Waals surface area contributed by atoms with Crippen LogP contribution in [-0.4, -0.2) is 51.0 Å². The van der Waals surface area contributed by atoms with E-state index in [1.54, 1.807) is 0 Å². The van der Waals surface area contributed by atoms with Crippen molar-refractivity contribution in [1.82, 2.24) is 0 Å². The van der Waals surface area contributed by atoms with Crippen LogP contribution < -0.4 is 0 Å². The molecule has 16 heteroatoms. The van der Waals surface area contributed by atoms with Gasteiger partial charge in [0.2, 0.25) is 0 Å². The third kappa shape index (κ3) is 11.5. The topological polar surface area (TPSA) is 78.9 Å². The lowest BCUT2D eigenvalue weighted by molar-refractivity contribution is -0.165. The molecule has 0 aromatic carbocycles. The highest BCUT2D eigenvalue weighted by molar-refractivity contribution is 6.37. The molecule has 0 aliphatic rings. The van der Waals surface area contributed by atoms with Gasteiger partial charge < -0.3 is 11.4 Å². The van der Waals surface area contributed by atoms with Crippen molar-refractivity contribution >= 4 is 32.5 Å². The number of carbonyl (C=O) groups excluding carboxylic acids is 3. The molecule has 0 radical (unpaired) electrons. The highest BCUT2D eigenvalue weighted by atomic mass is 27.3. The Labute approximate surface area is 173 Å². The maximum atomic E-state index is 12.3. The first-order chi connectivity index (χ1) is 13.7. The molecule has 0 spiro atoms. The zero-order valence-corrected chi connectivity index (χ0v) is 16.8.